The van der Waals surface area contributed by atoms with E-state index in [0.717, 1.165) is 38.8 Å². The van der Waals surface area contributed by atoms with Gasteiger partial charge in [0.15, 0.2) is 0 Å². The quantitative estimate of drug-likeness (QED) is 0.815. The maximum atomic E-state index is 12.5. The Labute approximate surface area is 125 Å². The van der Waals surface area contributed by atoms with E-state index in [1.54, 1.807) is 0 Å². The Morgan fingerprint density at radius 2 is 1.95 bits per heavy atom. The van der Waals surface area contributed by atoms with Crippen LogP contribution >= 0.6 is 0 Å². The highest BCUT2D eigenvalue weighted by molar-refractivity contribution is 7.90. The second-order valence-corrected chi connectivity index (χ2v) is 8.73. The summed E-state index contributed by atoms with van der Waals surface area (Å²) in [4.78, 5) is 2.43. The van der Waals surface area contributed by atoms with Crippen LogP contribution < -0.4 is 0 Å². The Kier molecular flexibility index (Phi) is 3.13. The van der Waals surface area contributed by atoms with Gasteiger partial charge in [-0.25, -0.2) is 8.42 Å². The van der Waals surface area contributed by atoms with E-state index < -0.39 is 10.0 Å². The summed E-state index contributed by atoms with van der Waals surface area (Å²) in [5.74, 6) is 0. The van der Waals surface area contributed by atoms with Gasteiger partial charge in [0.05, 0.1) is 11.4 Å². The fourth-order valence-corrected chi connectivity index (χ4v) is 5.99. The minimum Gasteiger partial charge on any atom is -0.294 e. The fraction of sp³-hybridized carbons (Fsp3) is 0.786. The zero-order chi connectivity index (χ0) is 14.6. The molecule has 0 spiro atoms. The smallest absolute Gasteiger partial charge is 0.217 e. The van der Waals surface area contributed by atoms with Crippen molar-refractivity contribution in [3.05, 3.63) is 18.0 Å². The van der Waals surface area contributed by atoms with Crippen LogP contribution in [0.1, 0.15) is 31.2 Å². The van der Waals surface area contributed by atoms with Crippen molar-refractivity contribution in [2.24, 2.45) is 7.05 Å². The first-order valence-corrected chi connectivity index (χ1v) is 9.28. The summed E-state index contributed by atoms with van der Waals surface area (Å²) in [6, 6.07) is 0.589. The van der Waals surface area contributed by atoms with Crippen molar-refractivity contribution in [2.45, 2.75) is 49.6 Å². The van der Waals surface area contributed by atoms with Gasteiger partial charge in [-0.05, 0) is 25.7 Å². The van der Waals surface area contributed by atoms with Gasteiger partial charge < -0.3 is 0 Å². The number of likely N-dealkylation sites (tertiary alicyclic amines) is 1. The molecule has 6 nitrogen and oxygen atoms in total. The lowest BCUT2D eigenvalue weighted by atomic mass is 10.1. The molecule has 2 saturated heterocycles. The highest BCUT2D eigenvalue weighted by atomic mass is 32.2. The summed E-state index contributed by atoms with van der Waals surface area (Å²) in [7, 11) is -1.10. The fourth-order valence-electron chi connectivity index (χ4n) is 3.89. The summed E-state index contributed by atoms with van der Waals surface area (Å²) in [5.41, 5.74) is 1.21. The van der Waals surface area contributed by atoms with Gasteiger partial charge in [-0.3, -0.25) is 9.58 Å². The summed E-state index contributed by atoms with van der Waals surface area (Å²) < 4.78 is 28.6. The van der Waals surface area contributed by atoms with Gasteiger partial charge >= 0.3 is 0 Å². The molecule has 0 bridgehead atoms. The predicted molar refractivity (Wildman–Crippen MR) is 79.1 cm³/mol. The average molecular weight is 310 g/mol. The van der Waals surface area contributed by atoms with E-state index in [0.29, 0.717) is 12.6 Å². The van der Waals surface area contributed by atoms with Crippen LogP contribution in [0.25, 0.3) is 0 Å². The number of rotatable bonds is 4. The second-order valence-electron chi connectivity index (χ2n) is 6.56. The van der Waals surface area contributed by atoms with Crippen molar-refractivity contribution in [1.29, 1.82) is 0 Å². The van der Waals surface area contributed by atoms with Crippen LogP contribution in [0.15, 0.2) is 12.4 Å². The van der Waals surface area contributed by atoms with Gasteiger partial charge in [-0.15, -0.1) is 0 Å². The standard InChI is InChI=1S/C14H22N4O2S/c1-16-9-11(8-15-16)10-17-6-4-14-13(17)5-7-18(14)21(19,20)12-2-3-12/h8-9,12-14H,2-7,10H2,1H3/t13-,14+/m1/s1. The van der Waals surface area contributed by atoms with E-state index >= 15 is 0 Å². The molecule has 1 aromatic rings. The lowest BCUT2D eigenvalue weighted by molar-refractivity contribution is 0.240. The molecule has 21 heavy (non-hydrogen) atoms. The number of aryl methyl sites for hydroxylation is 1. The van der Waals surface area contributed by atoms with Crippen LogP contribution in [0.3, 0.4) is 0 Å². The molecule has 1 aromatic heterocycles. The Bertz CT molecular complexity index is 637. The molecule has 0 aromatic carbocycles. The van der Waals surface area contributed by atoms with Crippen LogP contribution in [0, 0.1) is 0 Å². The van der Waals surface area contributed by atoms with Crippen LogP contribution in [0.5, 0.6) is 0 Å². The largest absolute Gasteiger partial charge is 0.294 e. The Hall–Kier alpha value is -0.920. The first kappa shape index (κ1) is 13.7. The molecular weight excluding hydrogens is 288 g/mol. The molecule has 0 unspecified atom stereocenters. The number of hydrogen-bond acceptors (Lipinski definition) is 4. The number of hydrogen-bond donors (Lipinski definition) is 0. The van der Waals surface area contributed by atoms with E-state index in [1.165, 1.54) is 5.56 Å². The SMILES string of the molecule is Cn1cc(CN2CC[C@H]3[C@H]2CCN3S(=O)(=O)C2CC2)cn1. The van der Waals surface area contributed by atoms with Crippen LogP contribution in [-0.2, 0) is 23.6 Å². The van der Waals surface area contributed by atoms with Crippen molar-refractivity contribution >= 4 is 10.0 Å². The third-order valence-corrected chi connectivity index (χ3v) is 7.48. The molecule has 3 heterocycles. The topological polar surface area (TPSA) is 58.4 Å². The van der Waals surface area contributed by atoms with Gasteiger partial charge in [0.25, 0.3) is 0 Å². The van der Waals surface area contributed by atoms with Gasteiger partial charge in [0, 0.05) is 50.5 Å². The molecule has 3 aliphatic rings. The van der Waals surface area contributed by atoms with Crippen molar-refractivity contribution < 1.29 is 8.42 Å². The highest BCUT2D eigenvalue weighted by Gasteiger charge is 2.50. The van der Waals surface area contributed by atoms with Crippen molar-refractivity contribution in [2.75, 3.05) is 13.1 Å². The molecule has 7 heteroatoms. The minimum absolute atomic E-state index is 0.0800. The molecule has 2 atom stereocenters. The van der Waals surface area contributed by atoms with Crippen molar-refractivity contribution in [1.82, 2.24) is 19.0 Å². The molecule has 0 radical (unpaired) electrons. The number of sulfonamides is 1. The monoisotopic (exact) mass is 310 g/mol. The maximum Gasteiger partial charge on any atom is 0.217 e. The van der Waals surface area contributed by atoms with Crippen molar-refractivity contribution in [3.63, 3.8) is 0 Å². The Morgan fingerprint density at radius 1 is 1.19 bits per heavy atom. The summed E-state index contributed by atoms with van der Waals surface area (Å²) in [5, 5.41) is 4.13. The van der Waals surface area contributed by atoms with Gasteiger partial charge in [0.2, 0.25) is 10.0 Å². The minimum atomic E-state index is -3.02. The number of nitrogens with zero attached hydrogens (tertiary/aromatic N) is 4. The zero-order valence-electron chi connectivity index (χ0n) is 12.4. The summed E-state index contributed by atoms with van der Waals surface area (Å²) in [6.07, 6.45) is 7.60. The molecule has 1 saturated carbocycles. The summed E-state index contributed by atoms with van der Waals surface area (Å²) in [6.45, 7) is 2.57. The Morgan fingerprint density at radius 3 is 2.62 bits per heavy atom. The molecule has 4 rings (SSSR count). The first-order chi connectivity index (χ1) is 10.1. The second kappa shape index (κ2) is 4.79. The number of aromatic nitrogens is 2. The summed E-state index contributed by atoms with van der Waals surface area (Å²) >= 11 is 0. The van der Waals surface area contributed by atoms with E-state index in [4.69, 9.17) is 0 Å². The van der Waals surface area contributed by atoms with Crippen LogP contribution in [0.4, 0.5) is 0 Å². The van der Waals surface area contributed by atoms with Crippen molar-refractivity contribution in [3.8, 4) is 0 Å². The average Bonchev–Trinajstić information content (AvgIpc) is 2.93. The molecular formula is C14H22N4O2S. The van der Waals surface area contributed by atoms with E-state index in [-0.39, 0.29) is 11.3 Å². The van der Waals surface area contributed by atoms with Crippen LogP contribution in [0.2, 0.25) is 0 Å². The van der Waals surface area contributed by atoms with E-state index in [9.17, 15) is 8.42 Å². The maximum absolute atomic E-state index is 12.5. The molecule has 1 aliphatic carbocycles. The molecule has 0 N–H and O–H groups in total. The molecule has 0 amide bonds. The van der Waals surface area contributed by atoms with Gasteiger partial charge in [-0.1, -0.05) is 0 Å². The van der Waals surface area contributed by atoms with E-state index in [1.807, 2.05) is 28.4 Å². The molecule has 2 aliphatic heterocycles. The number of fused-ring (bicyclic) bond motifs is 1. The normalized spacial score (nSPS) is 30.9. The Balaban J connectivity index is 1.48. The molecule has 116 valence electrons. The zero-order valence-corrected chi connectivity index (χ0v) is 13.2. The third-order valence-electron chi connectivity index (χ3n) is 5.06. The van der Waals surface area contributed by atoms with Gasteiger partial charge in [0.1, 0.15) is 0 Å². The van der Waals surface area contributed by atoms with Crippen LogP contribution in [-0.4, -0.2) is 57.8 Å². The van der Waals surface area contributed by atoms with E-state index in [2.05, 4.69) is 10.00 Å². The highest BCUT2D eigenvalue weighted by Crippen LogP contribution is 2.39. The lowest BCUT2D eigenvalue weighted by Gasteiger charge is -2.25. The van der Waals surface area contributed by atoms with Gasteiger partial charge in [-0.2, -0.15) is 9.40 Å². The molecule has 3 fully saturated rings. The lowest BCUT2D eigenvalue weighted by Crippen LogP contribution is -2.41. The third kappa shape index (κ3) is 2.31. The predicted octanol–water partition coefficient (Wildman–Crippen LogP) is 0.561. The first-order valence-electron chi connectivity index (χ1n) is 7.78.